The Bertz CT molecular complexity index is 664. The molecule has 2 aromatic carbocycles. The van der Waals surface area contributed by atoms with Crippen LogP contribution >= 0.6 is 0 Å². The SMILES string of the molecule is CN(C)C(=O)COC(=O)c1cc2ccccc2cc1O. The fourth-order valence-corrected chi connectivity index (χ4v) is 1.73. The van der Waals surface area contributed by atoms with E-state index < -0.39 is 5.97 Å². The molecule has 2 rings (SSSR count). The highest BCUT2D eigenvalue weighted by molar-refractivity contribution is 5.99. The van der Waals surface area contributed by atoms with Crippen LogP contribution in [-0.2, 0) is 9.53 Å². The number of phenols is 1. The molecular weight excluding hydrogens is 258 g/mol. The van der Waals surface area contributed by atoms with Gasteiger partial charge in [-0.25, -0.2) is 4.79 Å². The zero-order valence-corrected chi connectivity index (χ0v) is 11.3. The molecule has 0 aliphatic carbocycles. The Morgan fingerprint density at radius 2 is 1.75 bits per heavy atom. The molecule has 0 saturated heterocycles. The summed E-state index contributed by atoms with van der Waals surface area (Å²) in [5, 5.41) is 11.5. The Balaban J connectivity index is 2.21. The number of fused-ring (bicyclic) bond motifs is 1. The summed E-state index contributed by atoms with van der Waals surface area (Å²) in [5.41, 5.74) is 0.0512. The van der Waals surface area contributed by atoms with Gasteiger partial charge in [-0.2, -0.15) is 0 Å². The highest BCUT2D eigenvalue weighted by Crippen LogP contribution is 2.25. The smallest absolute Gasteiger partial charge is 0.342 e. The summed E-state index contributed by atoms with van der Waals surface area (Å²) in [5.74, 6) is -1.20. The van der Waals surface area contributed by atoms with Crippen molar-refractivity contribution in [2.75, 3.05) is 20.7 Å². The highest BCUT2D eigenvalue weighted by atomic mass is 16.5. The van der Waals surface area contributed by atoms with Gasteiger partial charge >= 0.3 is 5.97 Å². The van der Waals surface area contributed by atoms with E-state index in [0.29, 0.717) is 0 Å². The van der Waals surface area contributed by atoms with Crippen LogP contribution in [0, 0.1) is 0 Å². The number of aromatic hydroxyl groups is 1. The van der Waals surface area contributed by atoms with Gasteiger partial charge in [-0.3, -0.25) is 4.79 Å². The number of esters is 1. The van der Waals surface area contributed by atoms with E-state index in [2.05, 4.69) is 0 Å². The lowest BCUT2D eigenvalue weighted by Gasteiger charge is -2.11. The molecule has 1 N–H and O–H groups in total. The number of rotatable bonds is 3. The zero-order valence-electron chi connectivity index (χ0n) is 11.3. The Kier molecular flexibility index (Phi) is 3.89. The van der Waals surface area contributed by atoms with Gasteiger partial charge in [-0.05, 0) is 22.9 Å². The van der Waals surface area contributed by atoms with Gasteiger partial charge in [0, 0.05) is 14.1 Å². The molecule has 0 spiro atoms. The molecule has 20 heavy (non-hydrogen) atoms. The van der Waals surface area contributed by atoms with Crippen molar-refractivity contribution < 1.29 is 19.4 Å². The van der Waals surface area contributed by atoms with Crippen LogP contribution in [0.3, 0.4) is 0 Å². The predicted octanol–water partition coefficient (Wildman–Crippen LogP) is 1.79. The average molecular weight is 273 g/mol. The number of amides is 1. The van der Waals surface area contributed by atoms with Crippen LogP contribution in [0.5, 0.6) is 5.75 Å². The first-order valence-corrected chi connectivity index (χ1v) is 6.08. The van der Waals surface area contributed by atoms with Crippen molar-refractivity contribution in [2.45, 2.75) is 0 Å². The fourth-order valence-electron chi connectivity index (χ4n) is 1.73. The number of carbonyl (C=O) groups excluding carboxylic acids is 2. The number of benzene rings is 2. The highest BCUT2D eigenvalue weighted by Gasteiger charge is 2.16. The van der Waals surface area contributed by atoms with Crippen LogP contribution in [-0.4, -0.2) is 42.6 Å². The fraction of sp³-hybridized carbons (Fsp3) is 0.200. The van der Waals surface area contributed by atoms with E-state index in [0.717, 1.165) is 10.8 Å². The second kappa shape index (κ2) is 5.61. The molecule has 0 atom stereocenters. The van der Waals surface area contributed by atoms with Crippen molar-refractivity contribution in [3.63, 3.8) is 0 Å². The van der Waals surface area contributed by atoms with Crippen LogP contribution in [0.15, 0.2) is 36.4 Å². The lowest BCUT2D eigenvalue weighted by Crippen LogP contribution is -2.27. The van der Waals surface area contributed by atoms with Gasteiger partial charge in [0.1, 0.15) is 11.3 Å². The van der Waals surface area contributed by atoms with Crippen LogP contribution in [0.1, 0.15) is 10.4 Å². The van der Waals surface area contributed by atoms with Crippen LogP contribution in [0.4, 0.5) is 0 Å². The van der Waals surface area contributed by atoms with E-state index in [9.17, 15) is 14.7 Å². The van der Waals surface area contributed by atoms with Crippen LogP contribution < -0.4 is 0 Å². The third-order valence-corrected chi connectivity index (χ3v) is 2.91. The molecule has 0 aromatic heterocycles. The summed E-state index contributed by atoms with van der Waals surface area (Å²) in [6, 6.07) is 10.4. The molecule has 0 heterocycles. The quantitative estimate of drug-likeness (QED) is 0.866. The number of nitrogens with zero attached hydrogens (tertiary/aromatic N) is 1. The van der Waals surface area contributed by atoms with Crippen LogP contribution in [0.2, 0.25) is 0 Å². The molecule has 0 radical (unpaired) electrons. The molecule has 5 nitrogen and oxygen atoms in total. The van der Waals surface area contributed by atoms with E-state index in [-0.39, 0.29) is 23.8 Å². The van der Waals surface area contributed by atoms with Gasteiger partial charge in [-0.1, -0.05) is 24.3 Å². The molecule has 0 aliphatic rings. The number of carbonyl (C=O) groups is 2. The second-order valence-electron chi connectivity index (χ2n) is 4.58. The van der Waals surface area contributed by atoms with Crippen molar-refractivity contribution in [1.82, 2.24) is 4.90 Å². The van der Waals surface area contributed by atoms with E-state index in [1.807, 2.05) is 24.3 Å². The maximum absolute atomic E-state index is 11.9. The van der Waals surface area contributed by atoms with E-state index in [4.69, 9.17) is 4.74 Å². The molecule has 1 amide bonds. The lowest BCUT2D eigenvalue weighted by atomic mass is 10.1. The average Bonchev–Trinajstić information content (AvgIpc) is 2.43. The third-order valence-electron chi connectivity index (χ3n) is 2.91. The Labute approximate surface area is 116 Å². The van der Waals surface area contributed by atoms with Gasteiger partial charge in [0.2, 0.25) is 0 Å². The second-order valence-corrected chi connectivity index (χ2v) is 4.58. The molecule has 0 saturated carbocycles. The predicted molar refractivity (Wildman–Crippen MR) is 74.6 cm³/mol. The summed E-state index contributed by atoms with van der Waals surface area (Å²) in [7, 11) is 3.15. The van der Waals surface area contributed by atoms with Crippen LogP contribution in [0.25, 0.3) is 10.8 Å². The molecular formula is C15H15NO4. The standard InChI is InChI=1S/C15H15NO4/c1-16(2)14(18)9-20-15(19)12-7-10-5-3-4-6-11(10)8-13(12)17/h3-8,17H,9H2,1-2H3. The van der Waals surface area contributed by atoms with Gasteiger partial charge < -0.3 is 14.7 Å². The van der Waals surface area contributed by atoms with Crippen molar-refractivity contribution in [2.24, 2.45) is 0 Å². The van der Waals surface area contributed by atoms with Gasteiger partial charge in [-0.15, -0.1) is 0 Å². The van der Waals surface area contributed by atoms with Gasteiger partial charge in [0.25, 0.3) is 5.91 Å². The Morgan fingerprint density at radius 3 is 2.35 bits per heavy atom. The molecule has 104 valence electrons. The summed E-state index contributed by atoms with van der Waals surface area (Å²) in [4.78, 5) is 24.6. The first-order chi connectivity index (χ1) is 9.49. The molecule has 0 unspecified atom stereocenters. The summed E-state index contributed by atoms with van der Waals surface area (Å²) in [6.45, 7) is -0.349. The number of hydrogen-bond acceptors (Lipinski definition) is 4. The first kappa shape index (κ1) is 13.9. The lowest BCUT2D eigenvalue weighted by molar-refractivity contribution is -0.131. The molecule has 0 bridgehead atoms. The molecule has 2 aromatic rings. The van der Waals surface area contributed by atoms with Crippen molar-refractivity contribution in [3.8, 4) is 5.75 Å². The summed E-state index contributed by atoms with van der Waals surface area (Å²) < 4.78 is 4.89. The zero-order chi connectivity index (χ0) is 14.7. The van der Waals surface area contributed by atoms with Gasteiger partial charge in [0.15, 0.2) is 6.61 Å². The van der Waals surface area contributed by atoms with E-state index in [1.54, 1.807) is 20.2 Å². The molecule has 5 heteroatoms. The summed E-state index contributed by atoms with van der Waals surface area (Å²) in [6.07, 6.45) is 0. The number of phenolic OH excluding ortho intramolecular Hbond substituents is 1. The third kappa shape index (κ3) is 2.88. The van der Waals surface area contributed by atoms with E-state index in [1.165, 1.54) is 11.0 Å². The normalized spacial score (nSPS) is 10.3. The minimum absolute atomic E-state index is 0.0512. The molecule has 0 fully saturated rings. The largest absolute Gasteiger partial charge is 0.507 e. The minimum atomic E-state index is -0.719. The summed E-state index contributed by atoms with van der Waals surface area (Å²) >= 11 is 0. The molecule has 0 aliphatic heterocycles. The van der Waals surface area contributed by atoms with Crippen molar-refractivity contribution in [3.05, 3.63) is 42.0 Å². The van der Waals surface area contributed by atoms with Gasteiger partial charge in [0.05, 0.1) is 0 Å². The topological polar surface area (TPSA) is 66.8 Å². The Morgan fingerprint density at radius 1 is 1.15 bits per heavy atom. The Hall–Kier alpha value is -2.56. The first-order valence-electron chi connectivity index (χ1n) is 6.08. The van der Waals surface area contributed by atoms with Crippen molar-refractivity contribution >= 4 is 22.6 Å². The maximum Gasteiger partial charge on any atom is 0.342 e. The minimum Gasteiger partial charge on any atom is -0.507 e. The van der Waals surface area contributed by atoms with E-state index >= 15 is 0 Å². The number of ether oxygens (including phenoxy) is 1. The monoisotopic (exact) mass is 273 g/mol. The number of likely N-dealkylation sites (N-methyl/N-ethyl adjacent to an activating group) is 1. The maximum atomic E-state index is 11.9. The van der Waals surface area contributed by atoms with Crippen molar-refractivity contribution in [1.29, 1.82) is 0 Å². The number of hydrogen-bond donors (Lipinski definition) is 1.